The van der Waals surface area contributed by atoms with Crippen LogP contribution in [0, 0.1) is 0 Å². The van der Waals surface area contributed by atoms with E-state index in [-0.39, 0.29) is 19.1 Å². The van der Waals surface area contributed by atoms with Gasteiger partial charge in [0, 0.05) is 6.20 Å². The maximum absolute atomic E-state index is 11.4. The van der Waals surface area contributed by atoms with Crippen LogP contribution in [0.5, 0.6) is 5.75 Å². The first-order valence-corrected chi connectivity index (χ1v) is 4.35. The topological polar surface area (TPSA) is 85.5 Å². The van der Waals surface area contributed by atoms with E-state index in [2.05, 4.69) is 4.98 Å². The number of primary amides is 1. The molecule has 15 heavy (non-hydrogen) atoms. The lowest BCUT2D eigenvalue weighted by molar-refractivity contribution is -0.124. The van der Waals surface area contributed by atoms with E-state index in [1.165, 1.54) is 11.1 Å². The highest BCUT2D eigenvalue weighted by Gasteiger charge is 2.27. The van der Waals surface area contributed by atoms with Crippen LogP contribution in [0.15, 0.2) is 18.3 Å². The number of nitrogens with two attached hydrogens (primary N) is 1. The fourth-order valence-corrected chi connectivity index (χ4v) is 1.35. The van der Waals surface area contributed by atoms with Gasteiger partial charge in [0.1, 0.15) is 6.54 Å². The quantitative estimate of drug-likeness (QED) is 0.694. The fraction of sp³-hybridized carbons (Fsp3) is 0.222. The summed E-state index contributed by atoms with van der Waals surface area (Å²) in [5.74, 6) is -0.0762. The van der Waals surface area contributed by atoms with Gasteiger partial charge in [0.05, 0.1) is 0 Å². The number of aromatic nitrogens is 1. The first-order valence-electron chi connectivity index (χ1n) is 4.35. The van der Waals surface area contributed by atoms with Crippen LogP contribution in [0.25, 0.3) is 0 Å². The molecule has 2 N–H and O–H groups in total. The smallest absolute Gasteiger partial charge is 0.266 e. The van der Waals surface area contributed by atoms with Crippen molar-refractivity contribution in [3.05, 3.63) is 18.3 Å². The molecule has 0 saturated heterocycles. The molecule has 0 saturated carbocycles. The molecule has 0 unspecified atom stereocenters. The molecule has 6 heteroatoms. The normalized spacial score (nSPS) is 14.4. The second kappa shape index (κ2) is 3.56. The average Bonchev–Trinajstić information content (AvgIpc) is 2.22. The van der Waals surface area contributed by atoms with Crippen LogP contribution in [-0.4, -0.2) is 29.9 Å². The first kappa shape index (κ1) is 9.45. The zero-order valence-electron chi connectivity index (χ0n) is 7.84. The summed E-state index contributed by atoms with van der Waals surface area (Å²) in [7, 11) is 0. The molecular formula is C9H9N3O3. The summed E-state index contributed by atoms with van der Waals surface area (Å²) in [5.41, 5.74) is 5.04. The van der Waals surface area contributed by atoms with Gasteiger partial charge in [0.15, 0.2) is 18.2 Å². The number of fused-ring (bicyclic) bond motifs is 1. The van der Waals surface area contributed by atoms with Gasteiger partial charge in [0.2, 0.25) is 5.91 Å². The Labute approximate surface area is 85.6 Å². The highest BCUT2D eigenvalue weighted by atomic mass is 16.5. The van der Waals surface area contributed by atoms with E-state index in [0.717, 1.165) is 0 Å². The molecule has 1 aromatic heterocycles. The van der Waals surface area contributed by atoms with Crippen molar-refractivity contribution in [2.75, 3.05) is 18.1 Å². The van der Waals surface area contributed by atoms with Crippen molar-refractivity contribution in [1.29, 1.82) is 0 Å². The van der Waals surface area contributed by atoms with Crippen molar-refractivity contribution >= 4 is 17.6 Å². The molecule has 1 aromatic rings. The first-order chi connectivity index (χ1) is 7.18. The lowest BCUT2D eigenvalue weighted by Gasteiger charge is -2.26. The minimum atomic E-state index is -0.582. The third-order valence-corrected chi connectivity index (χ3v) is 1.97. The number of hydrogen-bond donors (Lipinski definition) is 1. The standard InChI is InChI=1S/C9H9N3O3/c10-7(13)4-12-8(14)5-15-6-2-1-3-11-9(6)12/h1-3H,4-5H2,(H2,10,13). The Hall–Kier alpha value is -2.11. The van der Waals surface area contributed by atoms with E-state index in [1.54, 1.807) is 12.1 Å². The minimum Gasteiger partial charge on any atom is -0.480 e. The third kappa shape index (κ3) is 1.74. The predicted molar refractivity (Wildman–Crippen MR) is 51.3 cm³/mol. The molecule has 78 valence electrons. The number of anilines is 1. The van der Waals surface area contributed by atoms with Crippen molar-refractivity contribution in [2.45, 2.75) is 0 Å². The van der Waals surface area contributed by atoms with Gasteiger partial charge in [-0.15, -0.1) is 0 Å². The molecule has 0 atom stereocenters. The van der Waals surface area contributed by atoms with E-state index in [0.29, 0.717) is 11.6 Å². The summed E-state index contributed by atoms with van der Waals surface area (Å²) in [5, 5.41) is 0. The number of hydrogen-bond acceptors (Lipinski definition) is 4. The minimum absolute atomic E-state index is 0.0913. The van der Waals surface area contributed by atoms with Crippen molar-refractivity contribution in [3.8, 4) is 5.75 Å². The van der Waals surface area contributed by atoms with Crippen LogP contribution >= 0.6 is 0 Å². The summed E-state index contributed by atoms with van der Waals surface area (Å²) in [6.45, 7) is -0.266. The molecule has 1 aliphatic rings. The predicted octanol–water partition coefficient (Wildman–Crippen LogP) is -0.708. The van der Waals surface area contributed by atoms with Gasteiger partial charge >= 0.3 is 0 Å². The third-order valence-electron chi connectivity index (χ3n) is 1.97. The van der Waals surface area contributed by atoms with Crippen LogP contribution in [0.1, 0.15) is 0 Å². The molecule has 6 nitrogen and oxygen atoms in total. The molecule has 0 fully saturated rings. The summed E-state index contributed by atoms with van der Waals surface area (Å²) >= 11 is 0. The van der Waals surface area contributed by atoms with Gasteiger partial charge in [-0.2, -0.15) is 0 Å². The number of carbonyl (C=O) groups excluding carboxylic acids is 2. The van der Waals surface area contributed by atoms with Crippen molar-refractivity contribution in [3.63, 3.8) is 0 Å². The largest absolute Gasteiger partial charge is 0.480 e. The number of amides is 2. The van der Waals surface area contributed by atoms with Crippen molar-refractivity contribution < 1.29 is 14.3 Å². The average molecular weight is 207 g/mol. The van der Waals surface area contributed by atoms with Gasteiger partial charge < -0.3 is 10.5 Å². The number of ether oxygens (including phenoxy) is 1. The molecule has 2 rings (SSSR count). The van der Waals surface area contributed by atoms with Gasteiger partial charge in [-0.05, 0) is 12.1 Å². The molecule has 1 aliphatic heterocycles. The van der Waals surface area contributed by atoms with E-state index >= 15 is 0 Å². The Bertz CT molecular complexity index is 419. The monoisotopic (exact) mass is 207 g/mol. The van der Waals surface area contributed by atoms with Gasteiger partial charge in [-0.3, -0.25) is 14.5 Å². The van der Waals surface area contributed by atoms with Crippen molar-refractivity contribution in [1.82, 2.24) is 4.98 Å². The molecule has 0 radical (unpaired) electrons. The Balaban J connectivity index is 2.37. The summed E-state index contributed by atoms with van der Waals surface area (Å²) in [6.07, 6.45) is 1.52. The number of pyridine rings is 1. The molecule has 2 heterocycles. The van der Waals surface area contributed by atoms with E-state index in [9.17, 15) is 9.59 Å². The van der Waals surface area contributed by atoms with Crippen LogP contribution < -0.4 is 15.4 Å². The SMILES string of the molecule is NC(=O)CN1C(=O)COc2cccnc21. The van der Waals surface area contributed by atoms with Gasteiger partial charge in [-0.25, -0.2) is 4.98 Å². The lowest BCUT2D eigenvalue weighted by Crippen LogP contribution is -2.44. The maximum atomic E-state index is 11.4. The molecule has 2 amide bonds. The Kier molecular flexibility index (Phi) is 2.24. The summed E-state index contributed by atoms with van der Waals surface area (Å²) < 4.78 is 5.14. The zero-order chi connectivity index (χ0) is 10.8. The molecule has 0 aliphatic carbocycles. The molecular weight excluding hydrogens is 198 g/mol. The van der Waals surface area contributed by atoms with Gasteiger partial charge in [0.25, 0.3) is 5.91 Å². The van der Waals surface area contributed by atoms with E-state index in [4.69, 9.17) is 10.5 Å². The molecule has 0 bridgehead atoms. The number of carbonyl (C=O) groups is 2. The summed E-state index contributed by atoms with van der Waals surface area (Å²) in [4.78, 5) is 27.4. The second-order valence-corrected chi connectivity index (χ2v) is 3.06. The van der Waals surface area contributed by atoms with Crippen molar-refractivity contribution in [2.24, 2.45) is 5.73 Å². The Morgan fingerprint density at radius 1 is 1.67 bits per heavy atom. The van der Waals surface area contributed by atoms with E-state index in [1.807, 2.05) is 0 Å². The Morgan fingerprint density at radius 2 is 2.47 bits per heavy atom. The van der Waals surface area contributed by atoms with Crippen LogP contribution in [0.2, 0.25) is 0 Å². The molecule has 0 spiro atoms. The highest BCUT2D eigenvalue weighted by Crippen LogP contribution is 2.28. The Morgan fingerprint density at radius 3 is 3.20 bits per heavy atom. The molecule has 0 aromatic carbocycles. The fourth-order valence-electron chi connectivity index (χ4n) is 1.35. The van der Waals surface area contributed by atoms with Crippen LogP contribution in [0.4, 0.5) is 5.82 Å². The lowest BCUT2D eigenvalue weighted by atomic mass is 10.3. The second-order valence-electron chi connectivity index (χ2n) is 3.06. The van der Waals surface area contributed by atoms with Crippen LogP contribution in [-0.2, 0) is 9.59 Å². The number of rotatable bonds is 2. The maximum Gasteiger partial charge on any atom is 0.266 e. The van der Waals surface area contributed by atoms with E-state index < -0.39 is 5.91 Å². The summed E-state index contributed by atoms with van der Waals surface area (Å²) in [6, 6.07) is 3.37. The number of nitrogens with zero attached hydrogens (tertiary/aromatic N) is 2. The highest BCUT2D eigenvalue weighted by molar-refractivity contribution is 6.00. The zero-order valence-corrected chi connectivity index (χ0v) is 7.84. The van der Waals surface area contributed by atoms with Crippen LogP contribution in [0.3, 0.4) is 0 Å². The van der Waals surface area contributed by atoms with Gasteiger partial charge in [-0.1, -0.05) is 0 Å².